The molecule has 0 radical (unpaired) electrons. The molecule has 0 fully saturated rings. The number of esters is 1. The molecular weight excluding hydrogens is 460 g/mol. The van der Waals surface area contributed by atoms with Crippen LogP contribution >= 0.6 is 11.3 Å². The van der Waals surface area contributed by atoms with Crippen LogP contribution in [-0.2, 0) is 14.3 Å². The van der Waals surface area contributed by atoms with Gasteiger partial charge in [0.1, 0.15) is 10.7 Å². The predicted octanol–water partition coefficient (Wildman–Crippen LogP) is 3.06. The zero-order valence-corrected chi connectivity index (χ0v) is 18.9. The lowest BCUT2D eigenvalue weighted by Crippen LogP contribution is -2.31. The van der Waals surface area contributed by atoms with E-state index < -0.39 is 16.8 Å². The molecule has 2 N–H and O–H groups in total. The summed E-state index contributed by atoms with van der Waals surface area (Å²) in [5.74, 6) is -1.16. The molecule has 0 atom stereocenters. The second-order valence-electron chi connectivity index (χ2n) is 7.31. The molecule has 0 saturated carbocycles. The molecule has 2 heterocycles. The highest BCUT2D eigenvalue weighted by Gasteiger charge is 2.35. The molecule has 0 unspecified atom stereocenters. The van der Waals surface area contributed by atoms with E-state index in [-0.39, 0.29) is 36.7 Å². The van der Waals surface area contributed by atoms with Gasteiger partial charge in [-0.3, -0.25) is 14.9 Å². The van der Waals surface area contributed by atoms with Gasteiger partial charge in [0.2, 0.25) is 0 Å². The summed E-state index contributed by atoms with van der Waals surface area (Å²) in [5, 5.41) is 26.0. The third-order valence-corrected chi connectivity index (χ3v) is 6.11. The number of aliphatic hydroxyl groups excluding tert-OH is 1. The van der Waals surface area contributed by atoms with Gasteiger partial charge >= 0.3 is 5.97 Å². The summed E-state index contributed by atoms with van der Waals surface area (Å²) in [4.78, 5) is 42.1. The van der Waals surface area contributed by atoms with E-state index in [9.17, 15) is 24.8 Å². The van der Waals surface area contributed by atoms with Crippen LogP contribution in [0.25, 0.3) is 21.8 Å². The molecule has 10 nitrogen and oxygen atoms in total. The van der Waals surface area contributed by atoms with Crippen molar-refractivity contribution in [1.29, 1.82) is 0 Å². The van der Waals surface area contributed by atoms with Crippen molar-refractivity contribution in [3.63, 3.8) is 0 Å². The van der Waals surface area contributed by atoms with E-state index in [1.807, 2.05) is 35.7 Å². The van der Waals surface area contributed by atoms with Gasteiger partial charge in [-0.25, -0.2) is 9.78 Å². The maximum absolute atomic E-state index is 12.9. The average Bonchev–Trinajstić information content (AvgIpc) is 3.46. The fourth-order valence-corrected chi connectivity index (χ4v) is 4.41. The Morgan fingerprint density at radius 2 is 2.06 bits per heavy atom. The van der Waals surface area contributed by atoms with Crippen LogP contribution in [0.1, 0.15) is 0 Å². The molecule has 11 heteroatoms. The number of nitrogens with zero attached hydrogens (tertiary/aromatic N) is 3. The normalized spacial score (nSPS) is 13.4. The molecule has 1 aliphatic rings. The SMILES string of the molecule is COC(=O)C1=C(Nc2ccc([N+](=O)[O-])cc2-c2nc(-c3ccccc3)cs2)C(=O)N(CCO)C1. The van der Waals surface area contributed by atoms with Gasteiger partial charge in [-0.15, -0.1) is 11.3 Å². The van der Waals surface area contributed by atoms with E-state index in [0.717, 1.165) is 5.56 Å². The monoisotopic (exact) mass is 480 g/mol. The number of nitrogens with one attached hydrogen (secondary N) is 1. The number of carbonyl (C=O) groups is 2. The van der Waals surface area contributed by atoms with Crippen molar-refractivity contribution in [1.82, 2.24) is 9.88 Å². The van der Waals surface area contributed by atoms with E-state index in [4.69, 9.17) is 4.74 Å². The second kappa shape index (κ2) is 9.81. The smallest absolute Gasteiger partial charge is 0.337 e. The number of anilines is 1. The molecular formula is C23H20N4O6S. The van der Waals surface area contributed by atoms with E-state index in [1.54, 1.807) is 0 Å². The Bertz CT molecular complexity index is 1290. The first-order chi connectivity index (χ1) is 16.4. The Morgan fingerprint density at radius 1 is 1.29 bits per heavy atom. The Kier molecular flexibility index (Phi) is 6.66. The first kappa shape index (κ1) is 23.1. The molecule has 0 saturated heterocycles. The summed E-state index contributed by atoms with van der Waals surface area (Å²) in [7, 11) is 1.21. The van der Waals surface area contributed by atoms with E-state index in [1.165, 1.54) is 41.5 Å². The van der Waals surface area contributed by atoms with E-state index >= 15 is 0 Å². The van der Waals surface area contributed by atoms with Crippen molar-refractivity contribution in [2.75, 3.05) is 32.1 Å². The van der Waals surface area contributed by atoms with Gasteiger partial charge < -0.3 is 20.1 Å². The number of rotatable bonds is 8. The maximum atomic E-state index is 12.9. The fourth-order valence-electron chi connectivity index (χ4n) is 3.55. The van der Waals surface area contributed by atoms with Crippen molar-refractivity contribution in [3.05, 3.63) is 75.3 Å². The van der Waals surface area contributed by atoms with Crippen molar-refractivity contribution < 1.29 is 24.4 Å². The number of aliphatic hydroxyl groups is 1. The summed E-state index contributed by atoms with van der Waals surface area (Å²) in [6.45, 7) is -0.242. The van der Waals surface area contributed by atoms with Crippen molar-refractivity contribution >= 4 is 34.6 Å². The molecule has 2 aromatic carbocycles. The number of nitro benzene ring substituents is 1. The minimum atomic E-state index is -0.680. The Morgan fingerprint density at radius 3 is 2.74 bits per heavy atom. The zero-order valence-electron chi connectivity index (χ0n) is 18.1. The number of β-amino-alcohol motifs (C(OH)–C–C–N with tert-alkyl or cyclic N) is 1. The average molecular weight is 481 g/mol. The summed E-state index contributed by atoms with van der Waals surface area (Å²) in [6, 6.07) is 13.6. The van der Waals surface area contributed by atoms with Gasteiger partial charge in [-0.2, -0.15) is 0 Å². The fraction of sp³-hybridized carbons (Fsp3) is 0.174. The van der Waals surface area contributed by atoms with Crippen LogP contribution in [0, 0.1) is 10.1 Å². The van der Waals surface area contributed by atoms with Crippen LogP contribution < -0.4 is 5.32 Å². The Labute approximate surface area is 198 Å². The lowest BCUT2D eigenvalue weighted by Gasteiger charge is -2.15. The highest BCUT2D eigenvalue weighted by atomic mass is 32.1. The van der Waals surface area contributed by atoms with Gasteiger partial charge in [0.25, 0.3) is 11.6 Å². The zero-order chi connectivity index (χ0) is 24.2. The number of nitro groups is 1. The molecule has 0 bridgehead atoms. The van der Waals surface area contributed by atoms with Crippen LogP contribution in [0.5, 0.6) is 0 Å². The summed E-state index contributed by atoms with van der Waals surface area (Å²) < 4.78 is 4.82. The number of non-ortho nitro benzene ring substituents is 1. The van der Waals surface area contributed by atoms with Gasteiger partial charge in [-0.05, 0) is 6.07 Å². The molecule has 0 spiro atoms. The molecule has 3 aromatic rings. The van der Waals surface area contributed by atoms with Gasteiger partial charge in [0.15, 0.2) is 0 Å². The second-order valence-corrected chi connectivity index (χ2v) is 8.17. The van der Waals surface area contributed by atoms with Crippen molar-refractivity contribution in [2.24, 2.45) is 0 Å². The van der Waals surface area contributed by atoms with Crippen molar-refractivity contribution in [2.45, 2.75) is 0 Å². The van der Waals surface area contributed by atoms with Crippen LogP contribution in [0.15, 0.2) is 65.2 Å². The molecule has 1 aliphatic heterocycles. The number of hydrogen-bond donors (Lipinski definition) is 2. The minimum Gasteiger partial charge on any atom is -0.466 e. The highest BCUT2D eigenvalue weighted by molar-refractivity contribution is 7.13. The van der Waals surface area contributed by atoms with Crippen LogP contribution in [-0.4, -0.2) is 58.6 Å². The molecule has 4 rings (SSSR count). The number of thiazole rings is 1. The Balaban J connectivity index is 1.77. The number of ether oxygens (including phenoxy) is 1. The molecule has 1 amide bonds. The number of amides is 1. The number of aromatic nitrogens is 1. The van der Waals surface area contributed by atoms with Crippen molar-refractivity contribution in [3.8, 4) is 21.8 Å². The van der Waals surface area contributed by atoms with Crippen LogP contribution in [0.2, 0.25) is 0 Å². The molecule has 1 aromatic heterocycles. The summed E-state index contributed by atoms with van der Waals surface area (Å²) >= 11 is 1.30. The van der Waals surface area contributed by atoms with Gasteiger partial charge in [-0.1, -0.05) is 30.3 Å². The van der Waals surface area contributed by atoms with Gasteiger partial charge in [0, 0.05) is 40.9 Å². The first-order valence-corrected chi connectivity index (χ1v) is 11.1. The predicted molar refractivity (Wildman–Crippen MR) is 126 cm³/mol. The lowest BCUT2D eigenvalue weighted by atomic mass is 10.1. The maximum Gasteiger partial charge on any atom is 0.337 e. The molecule has 174 valence electrons. The van der Waals surface area contributed by atoms with E-state index in [0.29, 0.717) is 22.0 Å². The summed E-state index contributed by atoms with van der Waals surface area (Å²) in [5.41, 5.74) is 2.34. The minimum absolute atomic E-state index is 0.00441. The largest absolute Gasteiger partial charge is 0.466 e. The summed E-state index contributed by atoms with van der Waals surface area (Å²) in [6.07, 6.45) is 0. The highest BCUT2D eigenvalue weighted by Crippen LogP contribution is 2.37. The molecule has 0 aliphatic carbocycles. The van der Waals surface area contributed by atoms with Crippen LogP contribution in [0.4, 0.5) is 11.4 Å². The van der Waals surface area contributed by atoms with Gasteiger partial charge in [0.05, 0.1) is 36.5 Å². The molecule has 34 heavy (non-hydrogen) atoms. The third-order valence-electron chi connectivity index (χ3n) is 5.23. The first-order valence-electron chi connectivity index (χ1n) is 10.2. The van der Waals surface area contributed by atoms with Crippen LogP contribution in [0.3, 0.4) is 0 Å². The Hall–Kier alpha value is -4.09. The number of hydrogen-bond acceptors (Lipinski definition) is 9. The standard InChI is InChI=1S/C23H20N4O6S/c1-33-23(30)17-12-26(9-10-28)22(29)20(17)24-18-8-7-15(27(31)32)11-16(18)21-25-19(13-34-21)14-5-3-2-4-6-14/h2-8,11,13,24,28H,9-10,12H2,1H3. The third kappa shape index (κ3) is 4.51. The quantitative estimate of drug-likeness (QED) is 0.285. The lowest BCUT2D eigenvalue weighted by molar-refractivity contribution is -0.384. The number of methoxy groups -OCH3 is 1. The van der Waals surface area contributed by atoms with E-state index in [2.05, 4.69) is 10.3 Å². The number of benzene rings is 2. The number of carbonyl (C=O) groups excluding carboxylic acids is 2. The topological polar surface area (TPSA) is 135 Å².